The lowest BCUT2D eigenvalue weighted by atomic mass is 9.91. The van der Waals surface area contributed by atoms with Crippen LogP contribution in [0.2, 0.25) is 0 Å². The van der Waals surface area contributed by atoms with E-state index in [1.165, 1.54) is 0 Å². The molecular weight excluding hydrogens is 364 g/mol. The SMILES string of the molecule is CCCn1nnnc1CN1C(=O)N[C@@](C)(c2ccc3c(c2)OCCCO3)C1=O. The predicted molar refractivity (Wildman–Crippen MR) is 96.6 cm³/mol. The van der Waals surface area contributed by atoms with Gasteiger partial charge in [-0.15, -0.1) is 5.10 Å². The van der Waals surface area contributed by atoms with Crippen LogP contribution in [-0.4, -0.2) is 50.3 Å². The van der Waals surface area contributed by atoms with Gasteiger partial charge in [-0.1, -0.05) is 13.0 Å². The number of ether oxygens (including phenoxy) is 2. The summed E-state index contributed by atoms with van der Waals surface area (Å²) in [4.78, 5) is 26.9. The first-order chi connectivity index (χ1) is 13.5. The number of amides is 3. The van der Waals surface area contributed by atoms with Crippen LogP contribution in [0.15, 0.2) is 18.2 Å². The molecule has 2 aliphatic rings. The molecule has 4 rings (SSSR count). The summed E-state index contributed by atoms with van der Waals surface area (Å²) in [6.07, 6.45) is 1.63. The molecule has 2 aliphatic heterocycles. The summed E-state index contributed by atoms with van der Waals surface area (Å²) in [5.74, 6) is 1.31. The monoisotopic (exact) mass is 386 g/mol. The van der Waals surface area contributed by atoms with E-state index in [2.05, 4.69) is 20.8 Å². The first-order valence-electron chi connectivity index (χ1n) is 9.32. The van der Waals surface area contributed by atoms with E-state index >= 15 is 0 Å². The molecule has 1 N–H and O–H groups in total. The van der Waals surface area contributed by atoms with Crippen LogP contribution >= 0.6 is 0 Å². The highest BCUT2D eigenvalue weighted by Crippen LogP contribution is 2.36. The molecule has 1 saturated heterocycles. The van der Waals surface area contributed by atoms with Crippen molar-refractivity contribution in [2.45, 2.75) is 45.3 Å². The number of carbonyl (C=O) groups excluding carboxylic acids is 2. The van der Waals surface area contributed by atoms with Crippen LogP contribution < -0.4 is 14.8 Å². The van der Waals surface area contributed by atoms with Gasteiger partial charge in [-0.25, -0.2) is 9.48 Å². The zero-order valence-electron chi connectivity index (χ0n) is 15.8. The molecule has 0 unspecified atom stereocenters. The average Bonchev–Trinajstić information content (AvgIpc) is 3.09. The van der Waals surface area contributed by atoms with E-state index in [9.17, 15) is 9.59 Å². The lowest BCUT2D eigenvalue weighted by Crippen LogP contribution is -2.41. The lowest BCUT2D eigenvalue weighted by molar-refractivity contribution is -0.131. The van der Waals surface area contributed by atoms with Gasteiger partial charge in [0.25, 0.3) is 5.91 Å². The number of imide groups is 1. The highest BCUT2D eigenvalue weighted by Gasteiger charge is 2.49. The van der Waals surface area contributed by atoms with Gasteiger partial charge in [0.05, 0.1) is 19.8 Å². The fourth-order valence-corrected chi connectivity index (χ4v) is 3.37. The summed E-state index contributed by atoms with van der Waals surface area (Å²) < 4.78 is 13.0. The van der Waals surface area contributed by atoms with E-state index in [-0.39, 0.29) is 12.5 Å². The van der Waals surface area contributed by atoms with Crippen LogP contribution in [0.3, 0.4) is 0 Å². The third-order valence-electron chi connectivity index (χ3n) is 4.94. The van der Waals surface area contributed by atoms with Crippen LogP contribution in [0, 0.1) is 0 Å². The molecule has 1 aromatic heterocycles. The highest BCUT2D eigenvalue weighted by molar-refractivity contribution is 6.07. The number of aromatic nitrogens is 4. The molecule has 0 saturated carbocycles. The Morgan fingerprint density at radius 1 is 1.21 bits per heavy atom. The molecule has 10 nitrogen and oxygen atoms in total. The zero-order valence-corrected chi connectivity index (χ0v) is 15.8. The lowest BCUT2D eigenvalue weighted by Gasteiger charge is -2.23. The first kappa shape index (κ1) is 18.2. The van der Waals surface area contributed by atoms with E-state index < -0.39 is 11.6 Å². The van der Waals surface area contributed by atoms with E-state index in [4.69, 9.17) is 9.47 Å². The Balaban J connectivity index is 1.60. The van der Waals surface area contributed by atoms with Gasteiger partial charge in [0.15, 0.2) is 17.3 Å². The Labute approximate surface area is 161 Å². The summed E-state index contributed by atoms with van der Waals surface area (Å²) in [6.45, 7) is 5.43. The molecule has 2 aromatic rings. The Morgan fingerprint density at radius 3 is 2.79 bits per heavy atom. The third-order valence-corrected chi connectivity index (χ3v) is 4.94. The maximum absolute atomic E-state index is 13.2. The number of aryl methyl sites for hydroxylation is 1. The smallest absolute Gasteiger partial charge is 0.325 e. The molecule has 1 aromatic carbocycles. The molecule has 3 amide bonds. The van der Waals surface area contributed by atoms with Gasteiger partial charge in [-0.3, -0.25) is 9.69 Å². The molecule has 0 aliphatic carbocycles. The van der Waals surface area contributed by atoms with E-state index in [1.54, 1.807) is 29.8 Å². The van der Waals surface area contributed by atoms with E-state index in [0.717, 1.165) is 17.7 Å². The molecule has 0 radical (unpaired) electrons. The summed E-state index contributed by atoms with van der Waals surface area (Å²) in [6, 6.07) is 4.82. The molecular formula is C18H22N6O4. The minimum atomic E-state index is -1.20. The van der Waals surface area contributed by atoms with Crippen LogP contribution in [0.25, 0.3) is 0 Å². The Hall–Kier alpha value is -3.17. The van der Waals surface area contributed by atoms with Crippen LogP contribution in [-0.2, 0) is 23.4 Å². The van der Waals surface area contributed by atoms with Crippen molar-refractivity contribution in [2.24, 2.45) is 0 Å². The number of hydrogen-bond donors (Lipinski definition) is 1. The van der Waals surface area contributed by atoms with Gasteiger partial charge >= 0.3 is 6.03 Å². The van der Waals surface area contributed by atoms with Crippen molar-refractivity contribution in [3.8, 4) is 11.5 Å². The summed E-state index contributed by atoms with van der Waals surface area (Å²) in [7, 11) is 0. The van der Waals surface area contributed by atoms with Crippen molar-refractivity contribution < 1.29 is 19.1 Å². The molecule has 28 heavy (non-hydrogen) atoms. The highest BCUT2D eigenvalue weighted by atomic mass is 16.5. The van der Waals surface area contributed by atoms with Gasteiger partial charge in [0, 0.05) is 13.0 Å². The second-order valence-corrected chi connectivity index (χ2v) is 6.98. The third kappa shape index (κ3) is 3.04. The molecule has 0 spiro atoms. The van der Waals surface area contributed by atoms with Gasteiger partial charge in [-0.2, -0.15) is 0 Å². The summed E-state index contributed by atoms with van der Waals surface area (Å²) in [5, 5.41) is 14.3. The number of rotatable bonds is 5. The topological polar surface area (TPSA) is 111 Å². The van der Waals surface area contributed by atoms with Crippen LogP contribution in [0.1, 0.15) is 38.1 Å². The van der Waals surface area contributed by atoms with Crippen molar-refractivity contribution in [3.63, 3.8) is 0 Å². The predicted octanol–water partition coefficient (Wildman–Crippen LogP) is 1.21. The Bertz CT molecular complexity index is 913. The number of tetrazole rings is 1. The second kappa shape index (κ2) is 7.10. The second-order valence-electron chi connectivity index (χ2n) is 6.98. The number of hydrogen-bond acceptors (Lipinski definition) is 7. The van der Waals surface area contributed by atoms with E-state index in [0.29, 0.717) is 42.6 Å². The molecule has 1 atom stereocenters. The minimum absolute atomic E-state index is 0.0117. The number of nitrogens with one attached hydrogen (secondary N) is 1. The van der Waals surface area contributed by atoms with Gasteiger partial charge in [0.2, 0.25) is 0 Å². The zero-order chi connectivity index (χ0) is 19.7. The van der Waals surface area contributed by atoms with Crippen molar-refractivity contribution in [2.75, 3.05) is 13.2 Å². The van der Waals surface area contributed by atoms with Crippen molar-refractivity contribution >= 4 is 11.9 Å². The largest absolute Gasteiger partial charge is 0.490 e. The number of urea groups is 1. The van der Waals surface area contributed by atoms with Crippen molar-refractivity contribution in [1.29, 1.82) is 0 Å². The molecule has 1 fully saturated rings. The molecule has 3 heterocycles. The van der Waals surface area contributed by atoms with Gasteiger partial charge < -0.3 is 14.8 Å². The average molecular weight is 386 g/mol. The number of carbonyl (C=O) groups is 2. The van der Waals surface area contributed by atoms with Crippen LogP contribution in [0.5, 0.6) is 11.5 Å². The Kier molecular flexibility index (Phi) is 4.62. The normalized spacial score (nSPS) is 21.6. The number of nitrogens with zero attached hydrogens (tertiary/aromatic N) is 5. The van der Waals surface area contributed by atoms with E-state index in [1.807, 2.05) is 6.92 Å². The Morgan fingerprint density at radius 2 is 2.00 bits per heavy atom. The summed E-state index contributed by atoms with van der Waals surface area (Å²) in [5.41, 5.74) is -0.573. The fourth-order valence-electron chi connectivity index (χ4n) is 3.37. The van der Waals surface area contributed by atoms with Crippen LogP contribution in [0.4, 0.5) is 4.79 Å². The maximum atomic E-state index is 13.2. The number of fused-ring (bicyclic) bond motifs is 1. The summed E-state index contributed by atoms with van der Waals surface area (Å²) >= 11 is 0. The fraction of sp³-hybridized carbons (Fsp3) is 0.500. The standard InChI is InChI=1S/C18H22N6O4/c1-3-7-24-15(20-21-22-24)11-23-16(25)18(2,19-17(23)26)12-5-6-13-14(10-12)28-9-4-8-27-13/h5-6,10H,3-4,7-9,11H2,1-2H3,(H,19,26)/t18-/m0/s1. The van der Waals surface area contributed by atoms with Crippen molar-refractivity contribution in [3.05, 3.63) is 29.6 Å². The molecule has 10 heteroatoms. The molecule has 0 bridgehead atoms. The quantitative estimate of drug-likeness (QED) is 0.769. The van der Waals surface area contributed by atoms with Crippen molar-refractivity contribution in [1.82, 2.24) is 30.4 Å². The van der Waals surface area contributed by atoms with Gasteiger partial charge in [0.1, 0.15) is 5.54 Å². The maximum Gasteiger partial charge on any atom is 0.325 e. The first-order valence-corrected chi connectivity index (χ1v) is 9.32. The van der Waals surface area contributed by atoms with Gasteiger partial charge in [-0.05, 0) is 41.5 Å². The molecule has 148 valence electrons. The minimum Gasteiger partial charge on any atom is -0.490 e. The number of benzene rings is 1.